The van der Waals surface area contributed by atoms with Crippen LogP contribution in [0.5, 0.6) is 0 Å². The second kappa shape index (κ2) is 17.9. The lowest BCUT2D eigenvalue weighted by atomic mass is 9.95. The van der Waals surface area contributed by atoms with E-state index in [1.807, 2.05) is 72.8 Å². The zero-order valence-electron chi connectivity index (χ0n) is 42.4. The molecule has 0 amide bonds. The lowest BCUT2D eigenvalue weighted by Crippen LogP contribution is -2.06. The van der Waals surface area contributed by atoms with Crippen molar-refractivity contribution in [2.24, 2.45) is 0 Å². The minimum atomic E-state index is 0.553. The number of furan rings is 1. The molecule has 8 heteroatoms. The average Bonchev–Trinajstić information content (AvgIpc) is 4.23. The molecular formula is C71H43N7O. The summed E-state index contributed by atoms with van der Waals surface area (Å²) in [6.45, 7) is 0. The Morgan fingerprint density at radius 2 is 0.772 bits per heavy atom. The van der Waals surface area contributed by atoms with E-state index >= 15 is 0 Å². The van der Waals surface area contributed by atoms with Crippen molar-refractivity contribution in [2.75, 3.05) is 0 Å². The van der Waals surface area contributed by atoms with Crippen molar-refractivity contribution in [1.82, 2.24) is 34.1 Å². The van der Waals surface area contributed by atoms with Crippen LogP contribution in [0.1, 0.15) is 0 Å². The average molecular weight is 1010 g/mol. The number of fused-ring (bicyclic) bond motifs is 11. The molecule has 79 heavy (non-hydrogen) atoms. The molecule has 0 N–H and O–H groups in total. The fourth-order valence-electron chi connectivity index (χ4n) is 11.7. The van der Waals surface area contributed by atoms with Gasteiger partial charge in [0, 0.05) is 54.6 Å². The summed E-state index contributed by atoms with van der Waals surface area (Å²) < 4.78 is 11.1. The van der Waals surface area contributed by atoms with Gasteiger partial charge < -0.3 is 4.42 Å². The lowest BCUT2D eigenvalue weighted by molar-refractivity contribution is 0.669. The van der Waals surface area contributed by atoms with Crippen LogP contribution < -0.4 is 0 Å². The molecule has 0 saturated carbocycles. The first-order valence-corrected chi connectivity index (χ1v) is 26.5. The summed E-state index contributed by atoms with van der Waals surface area (Å²) in [6.07, 6.45) is 0. The van der Waals surface area contributed by atoms with Gasteiger partial charge in [0.2, 0.25) is 11.9 Å². The Morgan fingerprint density at radius 1 is 0.266 bits per heavy atom. The number of para-hydroxylation sites is 1. The molecule has 0 atom stereocenters. The molecule has 0 bridgehead atoms. The molecule has 5 aromatic heterocycles. The van der Waals surface area contributed by atoms with E-state index in [0.717, 1.165) is 132 Å². The van der Waals surface area contributed by atoms with Crippen LogP contribution in [-0.4, -0.2) is 34.1 Å². The van der Waals surface area contributed by atoms with Crippen molar-refractivity contribution in [3.8, 4) is 79.4 Å². The first-order valence-electron chi connectivity index (χ1n) is 26.5. The van der Waals surface area contributed by atoms with Crippen LogP contribution in [0.3, 0.4) is 0 Å². The van der Waals surface area contributed by atoms with Crippen molar-refractivity contribution in [2.45, 2.75) is 0 Å². The zero-order valence-corrected chi connectivity index (χ0v) is 42.4. The molecule has 368 valence electrons. The number of benzene rings is 11. The summed E-state index contributed by atoms with van der Waals surface area (Å²) in [7, 11) is 0. The van der Waals surface area contributed by atoms with Crippen molar-refractivity contribution in [3.63, 3.8) is 0 Å². The molecule has 0 aliphatic carbocycles. The van der Waals surface area contributed by atoms with Crippen molar-refractivity contribution in [3.05, 3.63) is 261 Å². The van der Waals surface area contributed by atoms with Gasteiger partial charge in [-0.3, -0.25) is 9.13 Å². The van der Waals surface area contributed by atoms with Gasteiger partial charge in [-0.25, -0.2) is 15.0 Å². The maximum atomic E-state index is 6.70. The zero-order chi connectivity index (χ0) is 52.0. The maximum Gasteiger partial charge on any atom is 0.238 e. The van der Waals surface area contributed by atoms with Gasteiger partial charge in [-0.15, -0.1) is 0 Å². The van der Waals surface area contributed by atoms with E-state index in [2.05, 4.69) is 197 Å². The standard InChI is InChI=1S/C71H43N7O/c1-5-19-45(20-6-1)58-43-59(46-21-7-2-8-22-46)73-70(72-58)77-60-30-16-15-28-54(60)55-40-49(33-36-61(55)77)50-35-39-64-57(41-50)67-53(29-17-31-65(67)79-64)51-34-37-62-56(42-51)66-52-27-14-13-18-44(52)32-38-63(66)78(62)71-75-68(47-23-9-3-10-24-47)74-69(76-71)48-25-11-4-12-26-48/h1-43H. The van der Waals surface area contributed by atoms with Crippen molar-refractivity contribution < 1.29 is 4.42 Å². The minimum Gasteiger partial charge on any atom is -0.456 e. The highest BCUT2D eigenvalue weighted by molar-refractivity contribution is 6.23. The molecule has 16 rings (SSSR count). The summed E-state index contributed by atoms with van der Waals surface area (Å²) in [5.41, 5.74) is 15.7. The molecule has 11 aromatic carbocycles. The molecule has 5 heterocycles. The van der Waals surface area contributed by atoms with Crippen LogP contribution in [0.25, 0.3) is 156 Å². The minimum absolute atomic E-state index is 0.553. The topological polar surface area (TPSA) is 87.5 Å². The summed E-state index contributed by atoms with van der Waals surface area (Å²) in [4.78, 5) is 26.0. The Balaban J connectivity index is 0.854. The first-order chi connectivity index (χ1) is 39.1. The molecule has 0 spiro atoms. The molecule has 8 nitrogen and oxygen atoms in total. The van der Waals surface area contributed by atoms with E-state index in [-0.39, 0.29) is 0 Å². The molecule has 0 aliphatic heterocycles. The van der Waals surface area contributed by atoms with E-state index in [0.29, 0.717) is 23.5 Å². The Labute approximate surface area is 452 Å². The largest absolute Gasteiger partial charge is 0.456 e. The second-order valence-electron chi connectivity index (χ2n) is 20.0. The predicted octanol–water partition coefficient (Wildman–Crippen LogP) is 17.9. The van der Waals surface area contributed by atoms with Crippen molar-refractivity contribution in [1.29, 1.82) is 0 Å². The van der Waals surface area contributed by atoms with Crippen LogP contribution in [0.4, 0.5) is 0 Å². The molecule has 16 aromatic rings. The van der Waals surface area contributed by atoms with E-state index < -0.39 is 0 Å². The maximum absolute atomic E-state index is 6.70. The third kappa shape index (κ3) is 7.34. The number of hydrogen-bond donors (Lipinski definition) is 0. The fraction of sp³-hybridized carbons (Fsp3) is 0. The summed E-state index contributed by atoms with van der Waals surface area (Å²) in [5.74, 6) is 2.39. The monoisotopic (exact) mass is 1010 g/mol. The van der Waals surface area contributed by atoms with Gasteiger partial charge in [0.15, 0.2) is 11.6 Å². The van der Waals surface area contributed by atoms with E-state index in [9.17, 15) is 0 Å². The van der Waals surface area contributed by atoms with Crippen LogP contribution in [0, 0.1) is 0 Å². The second-order valence-corrected chi connectivity index (χ2v) is 20.0. The number of aromatic nitrogens is 7. The third-order valence-corrected chi connectivity index (χ3v) is 15.4. The number of hydrogen-bond acceptors (Lipinski definition) is 6. The number of nitrogens with zero attached hydrogens (tertiary/aromatic N) is 7. The number of rotatable bonds is 8. The molecule has 0 unspecified atom stereocenters. The Hall–Kier alpha value is -10.8. The van der Waals surface area contributed by atoms with E-state index in [4.69, 9.17) is 29.3 Å². The Morgan fingerprint density at radius 3 is 1.46 bits per heavy atom. The molecular weight excluding hydrogens is 967 g/mol. The first kappa shape index (κ1) is 44.5. The highest BCUT2D eigenvalue weighted by Gasteiger charge is 2.23. The van der Waals surface area contributed by atoms with E-state index in [1.165, 1.54) is 0 Å². The van der Waals surface area contributed by atoms with Gasteiger partial charge in [-0.2, -0.15) is 9.97 Å². The highest BCUT2D eigenvalue weighted by Crippen LogP contribution is 2.44. The van der Waals surface area contributed by atoms with Crippen LogP contribution >= 0.6 is 0 Å². The van der Waals surface area contributed by atoms with Crippen LogP contribution in [0.15, 0.2) is 265 Å². The quantitative estimate of drug-likeness (QED) is 0.151. The van der Waals surface area contributed by atoms with Gasteiger partial charge in [0.25, 0.3) is 0 Å². The predicted molar refractivity (Wildman–Crippen MR) is 321 cm³/mol. The SMILES string of the molecule is c1ccc(-c2cc(-c3ccccc3)nc(-n3c4ccccc4c4cc(-c5ccc6oc7cccc(-c8ccc9c(c8)c8c%10ccccc%10ccc8n9-c8nc(-c9ccccc9)nc(-c9ccccc9)n8)c7c6c5)ccc43)n2)cc1. The van der Waals surface area contributed by atoms with Gasteiger partial charge in [0.05, 0.1) is 33.5 Å². The molecule has 0 saturated heterocycles. The smallest absolute Gasteiger partial charge is 0.238 e. The van der Waals surface area contributed by atoms with Crippen LogP contribution in [0.2, 0.25) is 0 Å². The highest BCUT2D eigenvalue weighted by atomic mass is 16.3. The summed E-state index contributed by atoms with van der Waals surface area (Å²) in [6, 6.07) is 91.1. The fourth-order valence-corrected chi connectivity index (χ4v) is 11.7. The molecule has 0 fully saturated rings. The normalized spacial score (nSPS) is 11.8. The molecule has 0 aliphatic rings. The third-order valence-electron chi connectivity index (χ3n) is 15.4. The van der Waals surface area contributed by atoms with Gasteiger partial charge in [0.1, 0.15) is 11.2 Å². The van der Waals surface area contributed by atoms with Gasteiger partial charge in [-0.05, 0) is 93.7 Å². The van der Waals surface area contributed by atoms with Crippen LogP contribution in [-0.2, 0) is 0 Å². The molecule has 0 radical (unpaired) electrons. The van der Waals surface area contributed by atoms with Crippen molar-refractivity contribution >= 4 is 76.3 Å². The summed E-state index contributed by atoms with van der Waals surface area (Å²) >= 11 is 0. The Kier molecular flexibility index (Phi) is 10.1. The van der Waals surface area contributed by atoms with E-state index in [1.54, 1.807) is 0 Å². The summed E-state index contributed by atoms with van der Waals surface area (Å²) in [5, 5.41) is 8.89. The Bertz CT molecular complexity index is 4950. The van der Waals surface area contributed by atoms with Gasteiger partial charge >= 0.3 is 0 Å². The van der Waals surface area contributed by atoms with Gasteiger partial charge in [-0.1, -0.05) is 200 Å². The lowest BCUT2D eigenvalue weighted by Gasteiger charge is -2.12.